The Bertz CT molecular complexity index is 146. The van der Waals surface area contributed by atoms with E-state index in [1.54, 1.807) is 0 Å². The predicted molar refractivity (Wildman–Crippen MR) is 93.4 cm³/mol. The summed E-state index contributed by atoms with van der Waals surface area (Å²) < 4.78 is 1.12. The van der Waals surface area contributed by atoms with Crippen LogP contribution in [0.3, 0.4) is 0 Å². The molecule has 3 heteroatoms. The van der Waals surface area contributed by atoms with Gasteiger partial charge in [-0.2, -0.15) is 0 Å². The second kappa shape index (κ2) is 15.9. The van der Waals surface area contributed by atoms with Crippen molar-refractivity contribution in [2.24, 2.45) is 0 Å². The zero-order chi connectivity index (χ0) is 14.3. The molecule has 0 spiro atoms. The van der Waals surface area contributed by atoms with E-state index in [0.29, 0.717) is 0 Å². The van der Waals surface area contributed by atoms with Crippen LogP contribution in [-0.4, -0.2) is 32.2 Å². The highest BCUT2D eigenvalue weighted by Gasteiger charge is 2.04. The first kappa shape index (κ1) is 21.2. The monoisotopic (exact) mass is 340 g/mol. The van der Waals surface area contributed by atoms with Crippen molar-refractivity contribution in [3.63, 3.8) is 0 Å². The molecule has 1 atom stereocenters. The second-order valence-electron chi connectivity index (χ2n) is 6.20. The highest BCUT2D eigenvalue weighted by molar-refractivity contribution is 9.34. The summed E-state index contributed by atoms with van der Waals surface area (Å²) in [4.78, 5) is 0. The normalized spacial score (nSPS) is 11.0. The van der Waals surface area contributed by atoms with Gasteiger partial charge in [-0.15, -0.1) is 0 Å². The maximum Gasteiger partial charge on any atom is 0.0780 e. The van der Waals surface area contributed by atoms with E-state index in [2.05, 4.69) is 51.5 Å². The van der Waals surface area contributed by atoms with E-state index in [-0.39, 0.29) is 0 Å². The minimum absolute atomic E-state index is 1.12. The molecule has 0 saturated heterocycles. The molecule has 0 aromatic rings. The molecule has 1 unspecified atom stereocenters. The van der Waals surface area contributed by atoms with Crippen LogP contribution in [0, 0.1) is 0 Å². The topological polar surface area (TPSA) is 0 Å². The zero-order valence-corrected chi connectivity index (χ0v) is 15.9. The SMILES string of the molecule is CCCCCCCCCCCC[N+](C)(C)C.PBr. The Balaban J connectivity index is 0. The molecule has 0 fully saturated rings. The second-order valence-corrected chi connectivity index (χ2v) is 6.20. The van der Waals surface area contributed by atoms with Gasteiger partial charge >= 0.3 is 0 Å². The first-order valence-electron chi connectivity index (χ1n) is 7.58. The van der Waals surface area contributed by atoms with Crippen LogP contribution in [-0.2, 0) is 0 Å². The van der Waals surface area contributed by atoms with E-state index < -0.39 is 0 Å². The van der Waals surface area contributed by atoms with E-state index in [1.165, 1.54) is 70.8 Å². The van der Waals surface area contributed by atoms with Gasteiger partial charge in [0.2, 0.25) is 0 Å². The molecule has 0 rings (SSSR count). The van der Waals surface area contributed by atoms with Crippen LogP contribution in [0.5, 0.6) is 0 Å². The van der Waals surface area contributed by atoms with Gasteiger partial charge in [0.05, 0.1) is 27.7 Å². The van der Waals surface area contributed by atoms with Gasteiger partial charge < -0.3 is 4.48 Å². The molecular weight excluding hydrogens is 305 g/mol. The van der Waals surface area contributed by atoms with Crippen LogP contribution < -0.4 is 0 Å². The van der Waals surface area contributed by atoms with Gasteiger partial charge in [0.25, 0.3) is 0 Å². The summed E-state index contributed by atoms with van der Waals surface area (Å²) in [5.74, 6) is 0. The van der Waals surface area contributed by atoms with E-state index in [9.17, 15) is 0 Å². The van der Waals surface area contributed by atoms with Crippen molar-refractivity contribution < 1.29 is 4.48 Å². The van der Waals surface area contributed by atoms with Crippen molar-refractivity contribution in [3.05, 3.63) is 0 Å². The van der Waals surface area contributed by atoms with Gasteiger partial charge in [0.1, 0.15) is 0 Å². The van der Waals surface area contributed by atoms with Gasteiger partial charge in [0, 0.05) is 0 Å². The average molecular weight is 341 g/mol. The third-order valence-electron chi connectivity index (χ3n) is 3.18. The smallest absolute Gasteiger partial charge is 0.0780 e. The number of hydrogen-bond donors (Lipinski definition) is 0. The molecule has 1 nitrogen and oxygen atoms in total. The van der Waals surface area contributed by atoms with Crippen LogP contribution in [0.4, 0.5) is 0 Å². The van der Waals surface area contributed by atoms with Crippen molar-refractivity contribution in [3.8, 4) is 0 Å². The number of unbranched alkanes of at least 4 members (excludes halogenated alkanes) is 9. The van der Waals surface area contributed by atoms with Crippen LogP contribution >= 0.6 is 23.4 Å². The van der Waals surface area contributed by atoms with E-state index in [0.717, 1.165) is 4.48 Å². The molecule has 0 N–H and O–H groups in total. The Labute approximate surface area is 127 Å². The highest BCUT2D eigenvalue weighted by atomic mass is 79.9. The van der Waals surface area contributed by atoms with Gasteiger partial charge in [-0.1, -0.05) is 81.7 Å². The Kier molecular flexibility index (Phi) is 18.7. The number of hydrogen-bond acceptors (Lipinski definition) is 0. The molecule has 18 heavy (non-hydrogen) atoms. The lowest BCUT2D eigenvalue weighted by Gasteiger charge is -2.23. The van der Waals surface area contributed by atoms with Gasteiger partial charge in [0.15, 0.2) is 0 Å². The molecule has 0 amide bonds. The maximum absolute atomic E-state index is 2.85. The van der Waals surface area contributed by atoms with Crippen molar-refractivity contribution >= 4 is 23.4 Å². The number of quaternary nitrogens is 1. The standard InChI is InChI=1S/C15H34N.BrH2P/c1-5-6-7-8-9-10-11-12-13-14-15-16(2,3)4;1-2/h5-15H2,1-4H3;2H2/q+1;. The largest absolute Gasteiger partial charge is 0.331 e. The van der Waals surface area contributed by atoms with Crippen LogP contribution in [0.25, 0.3) is 0 Å². The van der Waals surface area contributed by atoms with Crippen molar-refractivity contribution in [1.29, 1.82) is 0 Å². The Hall–Kier alpha value is 0.870. The number of halogens is 1. The van der Waals surface area contributed by atoms with E-state index in [4.69, 9.17) is 0 Å². The summed E-state index contributed by atoms with van der Waals surface area (Å²) in [6.45, 7) is 3.62. The van der Waals surface area contributed by atoms with Gasteiger partial charge in [-0.3, -0.25) is 0 Å². The molecule has 0 aromatic heterocycles. The quantitative estimate of drug-likeness (QED) is 0.254. The van der Waals surface area contributed by atoms with E-state index >= 15 is 0 Å². The fraction of sp³-hybridized carbons (Fsp3) is 1.00. The molecule has 0 aromatic carbocycles. The maximum atomic E-state index is 2.85. The Morgan fingerprint density at radius 2 is 1.00 bits per heavy atom. The predicted octanol–water partition coefficient (Wildman–Crippen LogP) is 5.78. The lowest BCUT2D eigenvalue weighted by atomic mass is 10.1. The van der Waals surface area contributed by atoms with Crippen molar-refractivity contribution in [2.45, 2.75) is 71.1 Å². The first-order chi connectivity index (χ1) is 8.56. The molecular formula is C15H36BrNP+. The van der Waals surface area contributed by atoms with Crippen LogP contribution in [0.2, 0.25) is 0 Å². The van der Waals surface area contributed by atoms with Crippen molar-refractivity contribution in [2.75, 3.05) is 27.7 Å². The molecule has 0 aliphatic rings. The average Bonchev–Trinajstić information content (AvgIpc) is 2.33. The Morgan fingerprint density at radius 1 is 0.667 bits per heavy atom. The fourth-order valence-electron chi connectivity index (χ4n) is 2.07. The summed E-state index contributed by atoms with van der Waals surface area (Å²) >= 11 is 2.85. The molecule has 0 aliphatic carbocycles. The minimum Gasteiger partial charge on any atom is -0.331 e. The molecule has 0 bridgehead atoms. The summed E-state index contributed by atoms with van der Waals surface area (Å²) in [5.41, 5.74) is 0. The summed E-state index contributed by atoms with van der Waals surface area (Å²) in [6.07, 6.45) is 14.4. The molecule has 0 aliphatic heterocycles. The number of rotatable bonds is 11. The first-order valence-corrected chi connectivity index (χ1v) is 10.8. The lowest BCUT2D eigenvalue weighted by molar-refractivity contribution is -0.870. The molecule has 112 valence electrons. The Morgan fingerprint density at radius 3 is 1.33 bits per heavy atom. The van der Waals surface area contributed by atoms with Crippen molar-refractivity contribution in [1.82, 2.24) is 0 Å². The minimum atomic E-state index is 1.12. The van der Waals surface area contributed by atoms with Gasteiger partial charge in [-0.25, -0.2) is 0 Å². The fourth-order valence-corrected chi connectivity index (χ4v) is 2.07. The molecule has 0 radical (unpaired) electrons. The van der Waals surface area contributed by atoms with Crippen LogP contribution in [0.1, 0.15) is 71.1 Å². The molecule has 0 saturated carbocycles. The highest BCUT2D eigenvalue weighted by Crippen LogP contribution is 2.10. The van der Waals surface area contributed by atoms with Gasteiger partial charge in [-0.05, 0) is 12.8 Å². The lowest BCUT2D eigenvalue weighted by Crippen LogP contribution is -2.35. The molecule has 0 heterocycles. The summed E-state index contributed by atoms with van der Waals surface area (Å²) in [5, 5.41) is 0. The summed E-state index contributed by atoms with van der Waals surface area (Å²) in [6, 6.07) is 0. The van der Waals surface area contributed by atoms with E-state index in [1.807, 2.05) is 0 Å². The third-order valence-corrected chi connectivity index (χ3v) is 3.18. The zero-order valence-electron chi connectivity index (χ0n) is 13.2. The number of nitrogens with zero attached hydrogens (tertiary/aromatic N) is 1. The third kappa shape index (κ3) is 22.1. The summed E-state index contributed by atoms with van der Waals surface area (Å²) in [7, 11) is 9.09. The van der Waals surface area contributed by atoms with Crippen LogP contribution in [0.15, 0.2) is 0 Å².